The number of aliphatic carboxylic acids is 2. The Balaban J connectivity index is 0.000000401. The summed E-state index contributed by atoms with van der Waals surface area (Å²) in [5.74, 6) is -1.10. The number of unbranched alkanes of at least 4 members (excludes halogenated alkanes) is 2. The van der Waals surface area contributed by atoms with Crippen LogP contribution in [-0.2, 0) is 22.4 Å². The van der Waals surface area contributed by atoms with Gasteiger partial charge in [-0.3, -0.25) is 0 Å². The Morgan fingerprint density at radius 1 is 0.667 bits per heavy atom. The van der Waals surface area contributed by atoms with Gasteiger partial charge in [-0.1, -0.05) is 33.5 Å². The molecule has 4 aromatic rings. The van der Waals surface area contributed by atoms with E-state index in [1.165, 1.54) is 12.1 Å². The summed E-state index contributed by atoms with van der Waals surface area (Å²) in [6, 6.07) is 12.7. The number of aromatic nitrogens is 2. The fourth-order valence-electron chi connectivity index (χ4n) is 3.68. The first-order valence-corrected chi connectivity index (χ1v) is 13.2. The molecule has 0 bridgehead atoms. The second-order valence-electron chi connectivity index (χ2n) is 8.85. The third kappa shape index (κ3) is 12.7. The monoisotopic (exact) mass is 634 g/mol. The summed E-state index contributed by atoms with van der Waals surface area (Å²) < 4.78 is 10.3. The van der Waals surface area contributed by atoms with Gasteiger partial charge in [-0.15, -0.1) is 0 Å². The Kier molecular flexibility index (Phi) is 17.5. The van der Waals surface area contributed by atoms with Gasteiger partial charge in [0.05, 0.1) is 22.5 Å². The molecule has 0 saturated carbocycles. The number of phenolic OH excluding ortho intramolecular Hbond substituents is 2. The smallest absolute Gasteiger partial charge is 0.550 e. The van der Waals surface area contributed by atoms with Gasteiger partial charge in [0, 0.05) is 34.1 Å². The molecule has 2 aromatic heterocycles. The van der Waals surface area contributed by atoms with Gasteiger partial charge in [-0.25, -0.2) is 0 Å². The first-order valence-electron chi connectivity index (χ1n) is 12.4. The maximum atomic E-state index is 10.3. The van der Waals surface area contributed by atoms with E-state index in [-0.39, 0.29) is 83.5 Å². The van der Waals surface area contributed by atoms with E-state index in [0.29, 0.717) is 82.6 Å². The number of rotatable bonds is 12. The summed E-state index contributed by atoms with van der Waals surface area (Å²) in [6.07, 6.45) is 3.73. The number of carboxylic acid groups (broad SMARTS) is 2. The summed E-state index contributed by atoms with van der Waals surface area (Å²) in [5.41, 5.74) is 2.37. The van der Waals surface area contributed by atoms with Crippen molar-refractivity contribution in [2.24, 2.45) is 0 Å². The van der Waals surface area contributed by atoms with Gasteiger partial charge >= 0.3 is 59.1 Å². The molecule has 0 fully saturated rings. The number of carbonyl (C=O) groups excluding carboxylic acids is 2. The van der Waals surface area contributed by atoms with Gasteiger partial charge in [-0.05, 0) is 87.8 Å². The molecule has 2 aromatic carbocycles. The SMILES string of the molecule is O=C([O-])CCCCc1cc(-c2cc(Cl)ccc2O)on1.O=C([O-])CCCCc1cc(-c2cc(Cl)ccc2O)on1.[Na+].[Na+]. The van der Waals surface area contributed by atoms with Crippen LogP contribution in [-0.4, -0.2) is 32.5 Å². The molecule has 0 saturated heterocycles. The van der Waals surface area contributed by atoms with Crippen molar-refractivity contribution in [3.05, 3.63) is 70.0 Å². The fraction of sp³-hybridized carbons (Fsp3) is 0.286. The molecule has 0 amide bonds. The van der Waals surface area contributed by atoms with Crippen LogP contribution in [0.4, 0.5) is 0 Å². The van der Waals surface area contributed by atoms with Crippen molar-refractivity contribution in [3.8, 4) is 34.1 Å². The number of phenols is 2. The van der Waals surface area contributed by atoms with E-state index in [1.807, 2.05) is 0 Å². The molecule has 2 heterocycles. The minimum Gasteiger partial charge on any atom is -0.550 e. The fourth-order valence-corrected chi connectivity index (χ4v) is 4.02. The van der Waals surface area contributed by atoms with Crippen LogP contribution in [0.1, 0.15) is 49.9 Å². The van der Waals surface area contributed by atoms with E-state index >= 15 is 0 Å². The minimum atomic E-state index is -1.05. The molecule has 0 aliphatic heterocycles. The van der Waals surface area contributed by atoms with Crippen LogP contribution in [0.15, 0.2) is 57.6 Å². The number of benzene rings is 2. The zero-order valence-corrected chi connectivity index (χ0v) is 28.8. The van der Waals surface area contributed by atoms with Crippen LogP contribution in [0, 0.1) is 0 Å². The van der Waals surface area contributed by atoms with E-state index in [9.17, 15) is 30.0 Å². The topological polar surface area (TPSA) is 173 Å². The average molecular weight is 635 g/mol. The molecule has 42 heavy (non-hydrogen) atoms. The number of nitrogens with zero attached hydrogens (tertiary/aromatic N) is 2. The summed E-state index contributed by atoms with van der Waals surface area (Å²) in [5, 5.41) is 48.8. The van der Waals surface area contributed by atoms with Gasteiger partial charge in [0.2, 0.25) is 0 Å². The Morgan fingerprint density at radius 2 is 1.05 bits per heavy atom. The first-order chi connectivity index (χ1) is 19.1. The Hall–Kier alpha value is -2.02. The van der Waals surface area contributed by atoms with E-state index in [0.717, 1.165) is 0 Å². The van der Waals surface area contributed by atoms with Crippen molar-refractivity contribution in [3.63, 3.8) is 0 Å². The van der Waals surface area contributed by atoms with Crippen molar-refractivity contribution in [2.45, 2.75) is 51.4 Å². The number of aryl methyl sites for hydroxylation is 2. The Bertz CT molecular complexity index is 1340. The summed E-state index contributed by atoms with van der Waals surface area (Å²) in [7, 11) is 0. The quantitative estimate of drug-likeness (QED) is 0.136. The van der Waals surface area contributed by atoms with Crippen LogP contribution in [0.25, 0.3) is 22.6 Å². The van der Waals surface area contributed by atoms with Gasteiger partial charge in [0.25, 0.3) is 0 Å². The molecule has 0 unspecified atom stereocenters. The van der Waals surface area contributed by atoms with Gasteiger partial charge in [-0.2, -0.15) is 0 Å². The van der Waals surface area contributed by atoms with E-state index in [1.54, 1.807) is 36.4 Å². The molecule has 10 nitrogen and oxygen atoms in total. The predicted molar refractivity (Wildman–Crippen MR) is 142 cm³/mol. The summed E-state index contributed by atoms with van der Waals surface area (Å²) in [4.78, 5) is 20.6. The standard InChI is InChI=1S/2C14H14ClNO4.2Na/c2*15-9-5-6-12(17)11(7-9)13-8-10(16-20-13)3-1-2-4-14(18)19;;/h2*5-8,17H,1-4H2,(H,18,19);;/q;;2*+1/p-2. The van der Waals surface area contributed by atoms with Crippen molar-refractivity contribution in [2.75, 3.05) is 0 Å². The number of carboxylic acids is 2. The second kappa shape index (κ2) is 19.3. The Labute approximate surface area is 296 Å². The van der Waals surface area contributed by atoms with Crippen LogP contribution >= 0.6 is 23.2 Å². The van der Waals surface area contributed by atoms with E-state index < -0.39 is 11.9 Å². The molecule has 0 radical (unpaired) electrons. The van der Waals surface area contributed by atoms with E-state index in [4.69, 9.17) is 32.2 Å². The maximum Gasteiger partial charge on any atom is 1.00 e. The molecule has 2 N–H and O–H groups in total. The van der Waals surface area contributed by atoms with Crippen LogP contribution < -0.4 is 69.3 Å². The number of halogens is 2. The molecule has 4 rings (SSSR count). The second-order valence-corrected chi connectivity index (χ2v) is 9.72. The predicted octanol–water partition coefficient (Wildman–Crippen LogP) is -1.67. The normalized spacial score (nSPS) is 10.1. The van der Waals surface area contributed by atoms with Crippen LogP contribution in [0.5, 0.6) is 11.5 Å². The molecular formula is C28H26Cl2N2Na2O8. The van der Waals surface area contributed by atoms with Crippen molar-refractivity contribution < 1.29 is 98.2 Å². The molecule has 0 aliphatic carbocycles. The first kappa shape index (κ1) is 38.0. The molecule has 0 spiro atoms. The van der Waals surface area contributed by atoms with Gasteiger partial charge < -0.3 is 39.1 Å². The third-order valence-electron chi connectivity index (χ3n) is 5.69. The molecule has 212 valence electrons. The largest absolute Gasteiger partial charge is 1.00 e. The van der Waals surface area contributed by atoms with Crippen molar-refractivity contribution >= 4 is 35.1 Å². The summed E-state index contributed by atoms with van der Waals surface area (Å²) in [6.45, 7) is 0. The van der Waals surface area contributed by atoms with Crippen molar-refractivity contribution in [1.82, 2.24) is 10.3 Å². The third-order valence-corrected chi connectivity index (χ3v) is 6.16. The minimum absolute atomic E-state index is 0. The van der Waals surface area contributed by atoms with E-state index in [2.05, 4.69) is 10.3 Å². The van der Waals surface area contributed by atoms with Gasteiger partial charge in [0.1, 0.15) is 11.5 Å². The number of hydrogen-bond donors (Lipinski definition) is 2. The molecule has 0 aliphatic rings. The molecule has 0 atom stereocenters. The van der Waals surface area contributed by atoms with Crippen LogP contribution in [0.2, 0.25) is 10.0 Å². The molecule has 14 heteroatoms. The number of hydrogen-bond acceptors (Lipinski definition) is 10. The number of carbonyl (C=O) groups is 2. The van der Waals surface area contributed by atoms with Crippen molar-refractivity contribution in [1.29, 1.82) is 0 Å². The maximum absolute atomic E-state index is 10.3. The number of aromatic hydroxyl groups is 2. The van der Waals surface area contributed by atoms with Crippen LogP contribution in [0.3, 0.4) is 0 Å². The summed E-state index contributed by atoms with van der Waals surface area (Å²) >= 11 is 11.7. The average Bonchev–Trinajstić information content (AvgIpc) is 3.58. The Morgan fingerprint density at radius 3 is 1.40 bits per heavy atom. The van der Waals surface area contributed by atoms with Gasteiger partial charge in [0.15, 0.2) is 11.5 Å². The molecular weight excluding hydrogens is 609 g/mol. The zero-order valence-electron chi connectivity index (χ0n) is 23.3. The zero-order chi connectivity index (χ0) is 29.1.